The number of amides is 1. The standard InChI is InChI=1S/C20H26N2O3/c1-3-11-25-19-13-15(2)4-5-18(19)21-17-6-9-22(10-7-17)20(23)16-8-12-24-14-16/h4-5,8,12-14,17,21H,3,6-7,9-11H2,1-2H3. The van der Waals surface area contributed by atoms with Crippen LogP contribution in [-0.2, 0) is 0 Å². The predicted octanol–water partition coefficient (Wildman–Crippen LogP) is 4.09. The van der Waals surface area contributed by atoms with E-state index >= 15 is 0 Å². The van der Waals surface area contributed by atoms with Gasteiger partial charge in [0.05, 0.1) is 24.1 Å². The zero-order chi connectivity index (χ0) is 17.6. The van der Waals surface area contributed by atoms with Crippen molar-refractivity contribution in [1.29, 1.82) is 0 Å². The van der Waals surface area contributed by atoms with Crippen LogP contribution in [0.15, 0.2) is 41.2 Å². The number of carbonyl (C=O) groups excluding carboxylic acids is 1. The van der Waals surface area contributed by atoms with Crippen LogP contribution >= 0.6 is 0 Å². The van der Waals surface area contributed by atoms with Crippen LogP contribution in [0.1, 0.15) is 42.1 Å². The van der Waals surface area contributed by atoms with Crippen molar-refractivity contribution in [2.24, 2.45) is 0 Å². The van der Waals surface area contributed by atoms with Crippen molar-refractivity contribution in [2.45, 2.75) is 39.2 Å². The third-order valence-corrected chi connectivity index (χ3v) is 4.51. The van der Waals surface area contributed by atoms with Gasteiger partial charge in [-0.2, -0.15) is 0 Å². The van der Waals surface area contributed by atoms with Gasteiger partial charge < -0.3 is 19.4 Å². The third kappa shape index (κ3) is 4.35. The van der Waals surface area contributed by atoms with E-state index in [-0.39, 0.29) is 5.91 Å². The van der Waals surface area contributed by atoms with Gasteiger partial charge in [-0.15, -0.1) is 0 Å². The number of likely N-dealkylation sites (tertiary alicyclic amines) is 1. The first-order valence-corrected chi connectivity index (χ1v) is 8.99. The van der Waals surface area contributed by atoms with Crippen molar-refractivity contribution in [3.63, 3.8) is 0 Å². The summed E-state index contributed by atoms with van der Waals surface area (Å²) in [6, 6.07) is 8.33. The molecule has 5 nitrogen and oxygen atoms in total. The summed E-state index contributed by atoms with van der Waals surface area (Å²) in [5.74, 6) is 0.966. The highest BCUT2D eigenvalue weighted by atomic mass is 16.5. The molecule has 0 spiro atoms. The quantitative estimate of drug-likeness (QED) is 0.859. The van der Waals surface area contributed by atoms with E-state index in [4.69, 9.17) is 9.15 Å². The molecule has 2 aromatic rings. The average molecular weight is 342 g/mol. The first-order valence-electron chi connectivity index (χ1n) is 8.99. The third-order valence-electron chi connectivity index (χ3n) is 4.51. The molecule has 1 aliphatic rings. The van der Waals surface area contributed by atoms with Gasteiger partial charge >= 0.3 is 0 Å². The van der Waals surface area contributed by atoms with Gasteiger partial charge in [-0.25, -0.2) is 0 Å². The van der Waals surface area contributed by atoms with Crippen LogP contribution in [0.2, 0.25) is 0 Å². The number of carbonyl (C=O) groups is 1. The van der Waals surface area contributed by atoms with Gasteiger partial charge in [-0.05, 0) is 49.9 Å². The number of hydrogen-bond donors (Lipinski definition) is 1. The Morgan fingerprint density at radius 1 is 1.32 bits per heavy atom. The molecule has 0 bridgehead atoms. The minimum absolute atomic E-state index is 0.0505. The van der Waals surface area contributed by atoms with Crippen LogP contribution in [0.4, 0.5) is 5.69 Å². The Morgan fingerprint density at radius 3 is 2.80 bits per heavy atom. The number of nitrogens with zero attached hydrogens (tertiary/aromatic N) is 1. The second-order valence-electron chi connectivity index (χ2n) is 6.57. The van der Waals surface area contributed by atoms with Gasteiger partial charge in [0.2, 0.25) is 0 Å². The number of furan rings is 1. The molecule has 0 aliphatic carbocycles. The predicted molar refractivity (Wildman–Crippen MR) is 98.2 cm³/mol. The Kier molecular flexibility index (Phi) is 5.64. The van der Waals surface area contributed by atoms with E-state index in [0.717, 1.165) is 50.4 Å². The van der Waals surface area contributed by atoms with E-state index in [0.29, 0.717) is 11.6 Å². The molecule has 0 radical (unpaired) electrons. The van der Waals surface area contributed by atoms with Crippen molar-refractivity contribution >= 4 is 11.6 Å². The summed E-state index contributed by atoms with van der Waals surface area (Å²) in [6.45, 7) is 6.39. The first kappa shape index (κ1) is 17.4. The topological polar surface area (TPSA) is 54.7 Å². The second-order valence-corrected chi connectivity index (χ2v) is 6.57. The number of benzene rings is 1. The van der Waals surface area contributed by atoms with Crippen molar-refractivity contribution < 1.29 is 13.9 Å². The molecule has 3 rings (SSSR count). The highest BCUT2D eigenvalue weighted by Crippen LogP contribution is 2.28. The van der Waals surface area contributed by atoms with Crippen LogP contribution in [0.3, 0.4) is 0 Å². The van der Waals surface area contributed by atoms with Gasteiger partial charge in [-0.3, -0.25) is 4.79 Å². The van der Waals surface area contributed by atoms with Crippen LogP contribution in [0.25, 0.3) is 0 Å². The Labute approximate surface area is 149 Å². The molecule has 1 aliphatic heterocycles. The molecule has 1 fully saturated rings. The van der Waals surface area contributed by atoms with Crippen molar-refractivity contribution in [2.75, 3.05) is 25.0 Å². The maximum Gasteiger partial charge on any atom is 0.257 e. The van der Waals surface area contributed by atoms with Crippen LogP contribution in [0.5, 0.6) is 5.75 Å². The fourth-order valence-electron chi connectivity index (χ4n) is 3.10. The Hall–Kier alpha value is -2.43. The lowest BCUT2D eigenvalue weighted by Gasteiger charge is -2.33. The number of nitrogens with one attached hydrogen (secondary N) is 1. The van der Waals surface area contributed by atoms with E-state index in [9.17, 15) is 4.79 Å². The summed E-state index contributed by atoms with van der Waals surface area (Å²) in [5, 5.41) is 3.60. The molecule has 1 amide bonds. The Morgan fingerprint density at radius 2 is 2.12 bits per heavy atom. The fraction of sp³-hybridized carbons (Fsp3) is 0.450. The maximum absolute atomic E-state index is 12.4. The van der Waals surface area contributed by atoms with E-state index in [1.807, 2.05) is 4.90 Å². The molecule has 1 aromatic heterocycles. The minimum Gasteiger partial charge on any atom is -0.491 e. The van der Waals surface area contributed by atoms with Crippen LogP contribution in [-0.4, -0.2) is 36.5 Å². The molecule has 2 heterocycles. The number of anilines is 1. The fourth-order valence-corrected chi connectivity index (χ4v) is 3.10. The molecular formula is C20H26N2O3. The average Bonchev–Trinajstić information content (AvgIpc) is 3.16. The largest absolute Gasteiger partial charge is 0.491 e. The lowest BCUT2D eigenvalue weighted by atomic mass is 10.0. The Bertz CT molecular complexity index is 689. The van der Waals surface area contributed by atoms with Crippen molar-refractivity contribution in [1.82, 2.24) is 4.90 Å². The number of piperidine rings is 1. The lowest BCUT2D eigenvalue weighted by molar-refractivity contribution is 0.0717. The second kappa shape index (κ2) is 8.10. The summed E-state index contributed by atoms with van der Waals surface area (Å²) >= 11 is 0. The van der Waals surface area contributed by atoms with E-state index in [1.165, 1.54) is 18.1 Å². The number of rotatable bonds is 6. The smallest absolute Gasteiger partial charge is 0.257 e. The normalized spacial score (nSPS) is 15.2. The van der Waals surface area contributed by atoms with E-state index < -0.39 is 0 Å². The summed E-state index contributed by atoms with van der Waals surface area (Å²) < 4.78 is 10.9. The summed E-state index contributed by atoms with van der Waals surface area (Å²) in [4.78, 5) is 14.3. The maximum atomic E-state index is 12.4. The van der Waals surface area contributed by atoms with Crippen LogP contribution < -0.4 is 10.1 Å². The van der Waals surface area contributed by atoms with Crippen molar-refractivity contribution in [3.8, 4) is 5.75 Å². The van der Waals surface area contributed by atoms with Crippen LogP contribution in [0, 0.1) is 6.92 Å². The number of aryl methyl sites for hydroxylation is 1. The van der Waals surface area contributed by atoms with Gasteiger partial charge in [-0.1, -0.05) is 13.0 Å². The van der Waals surface area contributed by atoms with Gasteiger partial charge in [0.1, 0.15) is 12.0 Å². The molecule has 1 saturated heterocycles. The highest BCUT2D eigenvalue weighted by Gasteiger charge is 2.24. The number of hydrogen-bond acceptors (Lipinski definition) is 4. The molecule has 0 atom stereocenters. The zero-order valence-electron chi connectivity index (χ0n) is 15.0. The van der Waals surface area contributed by atoms with E-state index in [2.05, 4.69) is 37.4 Å². The highest BCUT2D eigenvalue weighted by molar-refractivity contribution is 5.93. The lowest BCUT2D eigenvalue weighted by Crippen LogP contribution is -2.42. The van der Waals surface area contributed by atoms with E-state index in [1.54, 1.807) is 6.07 Å². The molecule has 1 aromatic carbocycles. The molecular weight excluding hydrogens is 316 g/mol. The molecule has 1 N–H and O–H groups in total. The van der Waals surface area contributed by atoms with Gasteiger partial charge in [0.15, 0.2) is 0 Å². The molecule has 5 heteroatoms. The molecule has 25 heavy (non-hydrogen) atoms. The first-order chi connectivity index (χ1) is 12.2. The molecule has 0 unspecified atom stereocenters. The van der Waals surface area contributed by atoms with Crippen molar-refractivity contribution in [3.05, 3.63) is 47.9 Å². The summed E-state index contributed by atoms with van der Waals surface area (Å²) in [6.07, 6.45) is 5.88. The zero-order valence-corrected chi connectivity index (χ0v) is 15.0. The number of ether oxygens (including phenoxy) is 1. The molecule has 0 saturated carbocycles. The SMILES string of the molecule is CCCOc1cc(C)ccc1NC1CCN(C(=O)c2ccoc2)CC1. The van der Waals surface area contributed by atoms with Gasteiger partial charge in [0, 0.05) is 19.1 Å². The van der Waals surface area contributed by atoms with Gasteiger partial charge in [0.25, 0.3) is 5.91 Å². The summed E-state index contributed by atoms with van der Waals surface area (Å²) in [5.41, 5.74) is 2.86. The summed E-state index contributed by atoms with van der Waals surface area (Å²) in [7, 11) is 0. The molecule has 134 valence electrons. The minimum atomic E-state index is 0.0505. The Balaban J connectivity index is 1.58. The monoisotopic (exact) mass is 342 g/mol.